The van der Waals surface area contributed by atoms with Crippen LogP contribution in [0, 0.1) is 0 Å². The van der Waals surface area contributed by atoms with Crippen LogP contribution in [0.15, 0.2) is 135 Å². The maximum absolute atomic E-state index is 4.40. The summed E-state index contributed by atoms with van der Waals surface area (Å²) in [6.07, 6.45) is 29.6. The van der Waals surface area contributed by atoms with Crippen LogP contribution in [0.5, 0.6) is 0 Å². The maximum atomic E-state index is 4.40. The van der Waals surface area contributed by atoms with E-state index in [1.54, 1.807) is 0 Å². The second kappa shape index (κ2) is 13.6. The van der Waals surface area contributed by atoms with E-state index in [0.717, 1.165) is 36.8 Å². The molecule has 0 N–H and O–H groups in total. The summed E-state index contributed by atoms with van der Waals surface area (Å²) in [4.78, 5) is 1.41. The molecule has 270 valence electrons. The molecule has 6 aromatic carbocycles. The summed E-state index contributed by atoms with van der Waals surface area (Å²) in [5.41, 5.74) is 13.6. The van der Waals surface area contributed by atoms with Crippen molar-refractivity contribution in [3.05, 3.63) is 183 Å². The molecule has 0 atom stereocenters. The van der Waals surface area contributed by atoms with Crippen LogP contribution in [0.2, 0.25) is 0 Å². The third-order valence-electron chi connectivity index (χ3n) is 12.2. The zero-order valence-electron chi connectivity index (χ0n) is 32.2. The molecule has 0 bridgehead atoms. The quantitative estimate of drug-likeness (QED) is 0.165. The molecule has 0 unspecified atom stereocenters. The van der Waals surface area contributed by atoms with Crippen LogP contribution in [0.3, 0.4) is 0 Å². The van der Waals surface area contributed by atoms with Crippen LogP contribution in [0.1, 0.15) is 71.4 Å². The number of benzene rings is 6. The van der Waals surface area contributed by atoms with E-state index in [-0.39, 0.29) is 5.41 Å². The minimum atomic E-state index is -0.181. The lowest BCUT2D eigenvalue weighted by Crippen LogP contribution is -2.33. The SMILES string of the molecule is C=Cc1c(C=C)c(-c2ccc3ccccc3c2)c2c(c1-c1cccc(C3=C/C=C/C(C)(C)c4c(c5sc6c(c5c5ccccc45)CCC=C6)C=C3)c1)=CCCC=2. The Morgan fingerprint density at radius 2 is 1.36 bits per heavy atom. The average molecular weight is 737 g/mol. The first-order valence-electron chi connectivity index (χ1n) is 19.9. The molecule has 0 saturated carbocycles. The molecule has 0 amide bonds. The van der Waals surface area contributed by atoms with Crippen LogP contribution in [0.25, 0.3) is 95.9 Å². The molecule has 1 aromatic heterocycles. The van der Waals surface area contributed by atoms with Gasteiger partial charge in [0.25, 0.3) is 0 Å². The van der Waals surface area contributed by atoms with Crippen LogP contribution >= 0.6 is 11.3 Å². The molecule has 56 heavy (non-hydrogen) atoms. The Balaban J connectivity index is 1.16. The number of hydrogen-bond acceptors (Lipinski definition) is 1. The molecule has 0 nitrogen and oxygen atoms in total. The van der Waals surface area contributed by atoms with E-state index < -0.39 is 0 Å². The lowest BCUT2D eigenvalue weighted by atomic mass is 9.77. The van der Waals surface area contributed by atoms with Gasteiger partial charge in [-0.3, -0.25) is 0 Å². The number of rotatable bonds is 5. The molecule has 10 rings (SSSR count). The third-order valence-corrected chi connectivity index (χ3v) is 13.4. The Labute approximate surface area is 333 Å². The van der Waals surface area contributed by atoms with Crippen molar-refractivity contribution in [3.63, 3.8) is 0 Å². The molecule has 3 aliphatic carbocycles. The van der Waals surface area contributed by atoms with Gasteiger partial charge in [-0.15, -0.1) is 11.3 Å². The van der Waals surface area contributed by atoms with E-state index in [0.29, 0.717) is 0 Å². The van der Waals surface area contributed by atoms with Crippen LogP contribution in [-0.2, 0) is 11.8 Å². The normalized spacial score (nSPS) is 16.1. The maximum Gasteiger partial charge on any atom is 0.0433 e. The summed E-state index contributed by atoms with van der Waals surface area (Å²) < 4.78 is 1.40. The number of allylic oxidation sites excluding steroid dienone is 6. The minimum absolute atomic E-state index is 0.181. The molecule has 1 heterocycles. The Kier molecular flexibility index (Phi) is 8.38. The zero-order chi connectivity index (χ0) is 38.0. The van der Waals surface area contributed by atoms with Gasteiger partial charge in [-0.05, 0) is 137 Å². The van der Waals surface area contributed by atoms with Crippen molar-refractivity contribution in [2.75, 3.05) is 0 Å². The summed E-state index contributed by atoms with van der Waals surface area (Å²) in [5, 5.41) is 9.25. The predicted octanol–water partition coefficient (Wildman–Crippen LogP) is 14.1. The van der Waals surface area contributed by atoms with Crippen molar-refractivity contribution >= 4 is 85.0 Å². The molecule has 0 fully saturated rings. The highest BCUT2D eigenvalue weighted by Crippen LogP contribution is 2.48. The first kappa shape index (κ1) is 34.5. The van der Waals surface area contributed by atoms with Gasteiger partial charge >= 0.3 is 0 Å². The van der Waals surface area contributed by atoms with E-state index in [1.165, 1.54) is 97.0 Å². The number of hydrogen-bond donors (Lipinski definition) is 0. The van der Waals surface area contributed by atoms with Crippen molar-refractivity contribution < 1.29 is 0 Å². The largest absolute Gasteiger partial charge is 0.135 e. The van der Waals surface area contributed by atoms with E-state index >= 15 is 0 Å². The average Bonchev–Trinajstić information content (AvgIpc) is 3.65. The second-order valence-corrected chi connectivity index (χ2v) is 17.0. The molecule has 0 saturated heterocycles. The number of fused-ring (bicyclic) bond motifs is 10. The molecule has 0 radical (unpaired) electrons. The van der Waals surface area contributed by atoms with Gasteiger partial charge in [0, 0.05) is 20.4 Å². The first-order chi connectivity index (χ1) is 27.4. The first-order valence-corrected chi connectivity index (χ1v) is 20.8. The number of aryl methyl sites for hydroxylation is 1. The van der Waals surface area contributed by atoms with E-state index in [2.05, 4.69) is 173 Å². The van der Waals surface area contributed by atoms with Gasteiger partial charge in [-0.2, -0.15) is 0 Å². The van der Waals surface area contributed by atoms with E-state index in [4.69, 9.17) is 0 Å². The van der Waals surface area contributed by atoms with E-state index in [9.17, 15) is 0 Å². The van der Waals surface area contributed by atoms with Crippen molar-refractivity contribution in [1.29, 1.82) is 0 Å². The fraction of sp³-hybridized carbons (Fsp3) is 0.127. The Bertz CT molecular complexity index is 3080. The standard InChI is InChI=1S/C55H44S/c1-5-41-42(6-2)51(40-29-28-35-17-7-8-18-37(35)34-40)44-23-10-9-22-43(44)50(41)39-20-15-19-38(33-39)36-21-16-32-55(3,4)53-46-25-12-11-24-45(46)52-47-26-13-14-27-49(47)56-54(52)48(53)31-30-36/h5-8,11-12,14-25,27-34H,1-2,9-10,13,26H2,3-4H3/b31-30?,32-16+,36-21?. The lowest BCUT2D eigenvalue weighted by Gasteiger charge is -2.26. The summed E-state index contributed by atoms with van der Waals surface area (Å²) >= 11 is 1.96. The van der Waals surface area contributed by atoms with Gasteiger partial charge in [0.15, 0.2) is 0 Å². The highest BCUT2D eigenvalue weighted by atomic mass is 32.1. The smallest absolute Gasteiger partial charge is 0.0433 e. The molecular weight excluding hydrogens is 693 g/mol. The fourth-order valence-electron chi connectivity index (χ4n) is 9.64. The molecule has 0 spiro atoms. The van der Waals surface area contributed by atoms with Gasteiger partial charge < -0.3 is 0 Å². The van der Waals surface area contributed by atoms with Crippen LogP contribution in [-0.4, -0.2) is 0 Å². The van der Waals surface area contributed by atoms with Gasteiger partial charge in [-0.25, -0.2) is 0 Å². The molecule has 1 heteroatoms. The molecule has 3 aliphatic rings. The Hall–Kier alpha value is -6.02. The van der Waals surface area contributed by atoms with Crippen molar-refractivity contribution in [3.8, 4) is 22.3 Å². The molecule has 7 aromatic rings. The zero-order valence-corrected chi connectivity index (χ0v) is 33.0. The topological polar surface area (TPSA) is 0 Å². The predicted molar refractivity (Wildman–Crippen MR) is 248 cm³/mol. The van der Waals surface area contributed by atoms with Gasteiger partial charge in [0.2, 0.25) is 0 Å². The van der Waals surface area contributed by atoms with Gasteiger partial charge in [0.05, 0.1) is 0 Å². The summed E-state index contributed by atoms with van der Waals surface area (Å²) in [6.45, 7) is 13.5. The van der Waals surface area contributed by atoms with Crippen LogP contribution in [0.4, 0.5) is 0 Å². The molecule has 0 aliphatic heterocycles. The Morgan fingerprint density at radius 3 is 2.12 bits per heavy atom. The van der Waals surface area contributed by atoms with E-state index in [1.807, 2.05) is 23.5 Å². The fourth-order valence-corrected chi connectivity index (χ4v) is 11.0. The molecular formula is C55H44S. The minimum Gasteiger partial charge on any atom is -0.135 e. The lowest BCUT2D eigenvalue weighted by molar-refractivity contribution is 0.676. The van der Waals surface area contributed by atoms with Crippen molar-refractivity contribution in [1.82, 2.24) is 0 Å². The van der Waals surface area contributed by atoms with Crippen molar-refractivity contribution in [2.24, 2.45) is 0 Å². The summed E-state index contributed by atoms with van der Waals surface area (Å²) in [5.74, 6) is 0. The monoisotopic (exact) mass is 736 g/mol. The van der Waals surface area contributed by atoms with Gasteiger partial charge in [-0.1, -0.05) is 167 Å². The summed E-state index contributed by atoms with van der Waals surface area (Å²) in [6, 6.07) is 33.7. The van der Waals surface area contributed by atoms with Crippen LogP contribution < -0.4 is 10.4 Å². The third kappa shape index (κ3) is 5.48. The number of thiophene rings is 1. The van der Waals surface area contributed by atoms with Gasteiger partial charge in [0.1, 0.15) is 0 Å². The van der Waals surface area contributed by atoms with Crippen molar-refractivity contribution in [2.45, 2.75) is 44.9 Å². The summed E-state index contributed by atoms with van der Waals surface area (Å²) in [7, 11) is 0. The Morgan fingerprint density at radius 1 is 0.661 bits per heavy atom. The highest BCUT2D eigenvalue weighted by molar-refractivity contribution is 7.20. The second-order valence-electron chi connectivity index (χ2n) is 15.9. The highest BCUT2D eigenvalue weighted by Gasteiger charge is 2.28.